The van der Waals surface area contributed by atoms with E-state index in [-0.39, 0.29) is 17.9 Å². The fourth-order valence-electron chi connectivity index (χ4n) is 2.42. The normalized spacial score (nSPS) is 14.8. The molecule has 0 bridgehead atoms. The molecule has 0 aliphatic heterocycles. The van der Waals surface area contributed by atoms with Gasteiger partial charge in [0.1, 0.15) is 6.04 Å². The molecule has 118 valence electrons. The van der Waals surface area contributed by atoms with Gasteiger partial charge < -0.3 is 10.6 Å². The summed E-state index contributed by atoms with van der Waals surface area (Å²) in [4.78, 5) is 24.8. The zero-order valence-electron chi connectivity index (χ0n) is 12.9. The summed E-state index contributed by atoms with van der Waals surface area (Å²) in [6.07, 6.45) is 2.53. The molecule has 4 nitrogen and oxygen atoms in total. The van der Waals surface area contributed by atoms with Gasteiger partial charge in [-0.05, 0) is 30.5 Å². The van der Waals surface area contributed by atoms with Crippen LogP contribution in [-0.4, -0.2) is 23.9 Å². The molecule has 2 amide bonds. The van der Waals surface area contributed by atoms with E-state index in [1.165, 1.54) is 0 Å². The summed E-state index contributed by atoms with van der Waals surface area (Å²) in [5.74, 6) is -0.335. The summed E-state index contributed by atoms with van der Waals surface area (Å²) < 4.78 is 0. The third-order valence-corrected chi connectivity index (χ3v) is 3.86. The maximum Gasteiger partial charge on any atom is 0.251 e. The Hall–Kier alpha value is -2.62. The van der Waals surface area contributed by atoms with Crippen LogP contribution in [0.2, 0.25) is 0 Å². The minimum Gasteiger partial charge on any atom is -0.352 e. The van der Waals surface area contributed by atoms with Gasteiger partial charge in [0.05, 0.1) is 0 Å². The lowest BCUT2D eigenvalue weighted by molar-refractivity contribution is -0.123. The molecule has 1 aliphatic rings. The number of carbonyl (C=O) groups excluding carboxylic acids is 2. The highest BCUT2D eigenvalue weighted by atomic mass is 16.2. The van der Waals surface area contributed by atoms with Crippen molar-refractivity contribution in [2.75, 3.05) is 0 Å². The van der Waals surface area contributed by atoms with Crippen molar-refractivity contribution < 1.29 is 9.59 Å². The van der Waals surface area contributed by atoms with Crippen molar-refractivity contribution in [3.05, 3.63) is 71.8 Å². The predicted molar refractivity (Wildman–Crippen MR) is 89.0 cm³/mol. The second-order valence-corrected chi connectivity index (χ2v) is 5.86. The molecule has 2 aromatic rings. The number of amides is 2. The van der Waals surface area contributed by atoms with Crippen LogP contribution in [0.3, 0.4) is 0 Å². The molecule has 0 spiro atoms. The third kappa shape index (κ3) is 4.42. The zero-order valence-corrected chi connectivity index (χ0v) is 12.9. The fourth-order valence-corrected chi connectivity index (χ4v) is 2.42. The predicted octanol–water partition coefficient (Wildman–Crippen LogP) is 2.31. The highest BCUT2D eigenvalue weighted by Gasteiger charge is 2.28. The van der Waals surface area contributed by atoms with Gasteiger partial charge in [-0.1, -0.05) is 48.5 Å². The molecule has 3 rings (SSSR count). The summed E-state index contributed by atoms with van der Waals surface area (Å²) in [7, 11) is 0. The van der Waals surface area contributed by atoms with E-state index in [9.17, 15) is 9.59 Å². The summed E-state index contributed by atoms with van der Waals surface area (Å²) in [5, 5.41) is 5.84. The first-order valence-electron chi connectivity index (χ1n) is 7.92. The molecule has 2 aromatic carbocycles. The molecule has 0 saturated heterocycles. The quantitative estimate of drug-likeness (QED) is 0.860. The molecule has 1 atom stereocenters. The molecule has 0 aromatic heterocycles. The molecule has 0 heterocycles. The lowest BCUT2D eigenvalue weighted by atomic mass is 10.0. The van der Waals surface area contributed by atoms with Crippen LogP contribution in [0.1, 0.15) is 28.8 Å². The standard InChI is InChI=1S/C19H20N2O2/c22-18(15-9-5-2-6-10-15)21-17(19(23)20-16-11-12-16)13-14-7-3-1-4-8-14/h1-10,16-17H,11-13H2,(H,20,23)(H,21,22)/t17-/m1/s1. The highest BCUT2D eigenvalue weighted by molar-refractivity contribution is 5.97. The van der Waals surface area contributed by atoms with Crippen molar-refractivity contribution in [2.24, 2.45) is 0 Å². The molecule has 0 radical (unpaired) electrons. The van der Waals surface area contributed by atoms with Gasteiger partial charge in [0, 0.05) is 18.0 Å². The van der Waals surface area contributed by atoms with Crippen LogP contribution >= 0.6 is 0 Å². The van der Waals surface area contributed by atoms with Crippen LogP contribution in [0.25, 0.3) is 0 Å². The summed E-state index contributed by atoms with van der Waals surface area (Å²) in [5.41, 5.74) is 1.58. The van der Waals surface area contributed by atoms with Crippen LogP contribution in [0.5, 0.6) is 0 Å². The smallest absolute Gasteiger partial charge is 0.251 e. The maximum atomic E-state index is 12.4. The number of rotatable bonds is 6. The number of hydrogen-bond acceptors (Lipinski definition) is 2. The molecule has 1 aliphatic carbocycles. The first-order valence-corrected chi connectivity index (χ1v) is 7.92. The van der Waals surface area contributed by atoms with Gasteiger partial charge in [-0.25, -0.2) is 0 Å². The van der Waals surface area contributed by atoms with Crippen molar-refractivity contribution >= 4 is 11.8 Å². The Labute approximate surface area is 135 Å². The van der Waals surface area contributed by atoms with Gasteiger partial charge in [-0.15, -0.1) is 0 Å². The Kier molecular flexibility index (Phi) is 4.71. The number of benzene rings is 2. The minimum absolute atomic E-state index is 0.111. The number of carbonyl (C=O) groups is 2. The van der Waals surface area contributed by atoms with Gasteiger partial charge in [0.2, 0.25) is 5.91 Å². The summed E-state index contributed by atoms with van der Waals surface area (Å²) in [6, 6.07) is 18.4. The molecule has 0 unspecified atom stereocenters. The van der Waals surface area contributed by atoms with E-state index < -0.39 is 6.04 Å². The average molecular weight is 308 g/mol. The number of nitrogens with one attached hydrogen (secondary N) is 2. The van der Waals surface area contributed by atoms with E-state index >= 15 is 0 Å². The van der Waals surface area contributed by atoms with E-state index in [4.69, 9.17) is 0 Å². The zero-order chi connectivity index (χ0) is 16.1. The van der Waals surface area contributed by atoms with E-state index in [1.54, 1.807) is 12.1 Å². The SMILES string of the molecule is O=C(N[C@H](Cc1ccccc1)C(=O)NC1CC1)c1ccccc1. The van der Waals surface area contributed by atoms with Crippen molar-refractivity contribution in [1.29, 1.82) is 0 Å². The van der Waals surface area contributed by atoms with E-state index in [1.807, 2.05) is 48.5 Å². The topological polar surface area (TPSA) is 58.2 Å². The van der Waals surface area contributed by atoms with Gasteiger partial charge in [-0.3, -0.25) is 9.59 Å². The van der Waals surface area contributed by atoms with E-state index in [0.717, 1.165) is 18.4 Å². The maximum absolute atomic E-state index is 12.4. The Bertz CT molecular complexity index is 666. The molecule has 23 heavy (non-hydrogen) atoms. The van der Waals surface area contributed by atoms with E-state index in [2.05, 4.69) is 10.6 Å². The molecular weight excluding hydrogens is 288 g/mol. The van der Waals surface area contributed by atoms with E-state index in [0.29, 0.717) is 12.0 Å². The lowest BCUT2D eigenvalue weighted by Gasteiger charge is -2.18. The second-order valence-electron chi connectivity index (χ2n) is 5.86. The third-order valence-electron chi connectivity index (χ3n) is 3.86. The second kappa shape index (κ2) is 7.09. The molecule has 1 saturated carbocycles. The Morgan fingerprint density at radius 2 is 1.57 bits per heavy atom. The first-order chi connectivity index (χ1) is 11.2. The Morgan fingerprint density at radius 3 is 2.17 bits per heavy atom. The van der Waals surface area contributed by atoms with Gasteiger partial charge >= 0.3 is 0 Å². The summed E-state index contributed by atoms with van der Waals surface area (Å²) in [6.45, 7) is 0. The monoisotopic (exact) mass is 308 g/mol. The highest BCUT2D eigenvalue weighted by Crippen LogP contribution is 2.19. The molecule has 1 fully saturated rings. The fraction of sp³-hybridized carbons (Fsp3) is 0.263. The largest absolute Gasteiger partial charge is 0.352 e. The first kappa shape index (κ1) is 15.3. The van der Waals surface area contributed by atoms with Crippen molar-refractivity contribution in [2.45, 2.75) is 31.3 Å². The van der Waals surface area contributed by atoms with Gasteiger partial charge in [0.25, 0.3) is 5.91 Å². The van der Waals surface area contributed by atoms with Crippen LogP contribution in [0.15, 0.2) is 60.7 Å². The number of hydrogen-bond donors (Lipinski definition) is 2. The summed E-state index contributed by atoms with van der Waals surface area (Å²) >= 11 is 0. The average Bonchev–Trinajstić information content (AvgIpc) is 3.40. The lowest BCUT2D eigenvalue weighted by Crippen LogP contribution is -2.48. The van der Waals surface area contributed by atoms with Crippen molar-refractivity contribution in [3.63, 3.8) is 0 Å². The van der Waals surface area contributed by atoms with Crippen LogP contribution in [0.4, 0.5) is 0 Å². The molecular formula is C19H20N2O2. The van der Waals surface area contributed by atoms with Crippen LogP contribution in [-0.2, 0) is 11.2 Å². The molecule has 2 N–H and O–H groups in total. The van der Waals surface area contributed by atoms with Crippen molar-refractivity contribution in [3.8, 4) is 0 Å². The van der Waals surface area contributed by atoms with Gasteiger partial charge in [-0.2, -0.15) is 0 Å². The van der Waals surface area contributed by atoms with Crippen LogP contribution in [0, 0.1) is 0 Å². The van der Waals surface area contributed by atoms with Crippen LogP contribution < -0.4 is 10.6 Å². The minimum atomic E-state index is -0.564. The van der Waals surface area contributed by atoms with Crippen molar-refractivity contribution in [1.82, 2.24) is 10.6 Å². The van der Waals surface area contributed by atoms with Gasteiger partial charge in [0.15, 0.2) is 0 Å². The Morgan fingerprint density at radius 1 is 0.957 bits per heavy atom. The molecule has 4 heteroatoms. The Balaban J connectivity index is 1.71.